The van der Waals surface area contributed by atoms with Crippen molar-refractivity contribution in [3.8, 4) is 0 Å². The Morgan fingerprint density at radius 1 is 1.28 bits per heavy atom. The lowest BCUT2D eigenvalue weighted by molar-refractivity contribution is 0.176. The first kappa shape index (κ1) is 12.2. The molecule has 0 radical (unpaired) electrons. The molecule has 0 bridgehead atoms. The fourth-order valence-corrected chi connectivity index (χ4v) is 3.64. The van der Waals surface area contributed by atoms with Crippen molar-refractivity contribution in [1.82, 2.24) is 15.0 Å². The van der Waals surface area contributed by atoms with Gasteiger partial charge in [-0.25, -0.2) is 4.68 Å². The minimum absolute atomic E-state index is 0.422. The Labute approximate surface area is 109 Å². The standard InChI is InChI=1S/C14H23N3O/c1-9(2)17-14-7-5-11-10(12(11)8-18-3)4-6-13(14)15-16-17/h9-12H,4-8H2,1-3H3/t10-,11+,12-/m0/s1. The zero-order valence-electron chi connectivity index (χ0n) is 11.6. The quantitative estimate of drug-likeness (QED) is 0.825. The number of hydrogen-bond acceptors (Lipinski definition) is 3. The summed E-state index contributed by atoms with van der Waals surface area (Å²) < 4.78 is 7.44. The van der Waals surface area contributed by atoms with Gasteiger partial charge in [-0.3, -0.25) is 0 Å². The monoisotopic (exact) mass is 249 g/mol. The van der Waals surface area contributed by atoms with Gasteiger partial charge in [0.25, 0.3) is 0 Å². The predicted molar refractivity (Wildman–Crippen MR) is 69.4 cm³/mol. The molecule has 1 fully saturated rings. The van der Waals surface area contributed by atoms with E-state index in [1.807, 2.05) is 7.11 Å². The van der Waals surface area contributed by atoms with Crippen molar-refractivity contribution in [3.05, 3.63) is 11.4 Å². The van der Waals surface area contributed by atoms with E-state index in [1.165, 1.54) is 24.2 Å². The molecule has 2 aliphatic carbocycles. The number of ether oxygens (including phenoxy) is 1. The molecule has 2 aliphatic rings. The molecular weight excluding hydrogens is 226 g/mol. The normalized spacial score (nSPS) is 30.6. The van der Waals surface area contributed by atoms with Gasteiger partial charge in [-0.1, -0.05) is 5.21 Å². The van der Waals surface area contributed by atoms with Crippen molar-refractivity contribution in [2.24, 2.45) is 17.8 Å². The van der Waals surface area contributed by atoms with Gasteiger partial charge in [-0.2, -0.15) is 0 Å². The molecule has 4 nitrogen and oxygen atoms in total. The average molecular weight is 249 g/mol. The van der Waals surface area contributed by atoms with Gasteiger partial charge in [-0.15, -0.1) is 5.10 Å². The largest absolute Gasteiger partial charge is 0.384 e. The highest BCUT2D eigenvalue weighted by atomic mass is 16.5. The van der Waals surface area contributed by atoms with Crippen LogP contribution in [0.4, 0.5) is 0 Å². The smallest absolute Gasteiger partial charge is 0.0859 e. The van der Waals surface area contributed by atoms with E-state index < -0.39 is 0 Å². The van der Waals surface area contributed by atoms with Crippen LogP contribution < -0.4 is 0 Å². The first-order valence-electron chi connectivity index (χ1n) is 7.14. The maximum Gasteiger partial charge on any atom is 0.0859 e. The number of hydrogen-bond donors (Lipinski definition) is 0. The molecule has 0 spiro atoms. The lowest BCUT2D eigenvalue weighted by atomic mass is 10.0. The van der Waals surface area contributed by atoms with Crippen LogP contribution in [-0.4, -0.2) is 28.7 Å². The minimum atomic E-state index is 0.422. The van der Waals surface area contributed by atoms with Crippen LogP contribution in [-0.2, 0) is 17.6 Å². The van der Waals surface area contributed by atoms with Gasteiger partial charge >= 0.3 is 0 Å². The molecule has 0 aliphatic heterocycles. The molecule has 1 aromatic heterocycles. The van der Waals surface area contributed by atoms with E-state index in [4.69, 9.17) is 4.74 Å². The van der Waals surface area contributed by atoms with Crippen molar-refractivity contribution >= 4 is 0 Å². The second-order valence-electron chi connectivity index (χ2n) is 6.05. The maximum absolute atomic E-state index is 5.33. The van der Waals surface area contributed by atoms with E-state index in [-0.39, 0.29) is 0 Å². The van der Waals surface area contributed by atoms with E-state index in [9.17, 15) is 0 Å². The topological polar surface area (TPSA) is 39.9 Å². The summed E-state index contributed by atoms with van der Waals surface area (Å²) in [7, 11) is 1.82. The number of fused-ring (bicyclic) bond motifs is 2. The summed E-state index contributed by atoms with van der Waals surface area (Å²) in [4.78, 5) is 0. The summed E-state index contributed by atoms with van der Waals surface area (Å²) in [5.41, 5.74) is 2.62. The zero-order valence-corrected chi connectivity index (χ0v) is 11.6. The molecule has 0 amide bonds. The van der Waals surface area contributed by atoms with Crippen molar-refractivity contribution < 1.29 is 4.74 Å². The van der Waals surface area contributed by atoms with E-state index in [0.29, 0.717) is 6.04 Å². The number of aromatic nitrogens is 3. The van der Waals surface area contributed by atoms with Crippen molar-refractivity contribution in [2.45, 2.75) is 45.6 Å². The van der Waals surface area contributed by atoms with Gasteiger partial charge in [0.05, 0.1) is 11.4 Å². The van der Waals surface area contributed by atoms with E-state index in [2.05, 4.69) is 28.8 Å². The van der Waals surface area contributed by atoms with Gasteiger partial charge in [-0.05, 0) is 57.3 Å². The Kier molecular flexibility index (Phi) is 3.14. The Bertz CT molecular complexity index is 427. The molecule has 0 N–H and O–H groups in total. The molecule has 1 aromatic rings. The SMILES string of the molecule is COC[C@@H]1[C@@H]2CCc3c(nnn3C(C)C)CC[C@@H]21. The van der Waals surface area contributed by atoms with Gasteiger partial charge < -0.3 is 4.74 Å². The minimum Gasteiger partial charge on any atom is -0.384 e. The maximum atomic E-state index is 5.33. The molecule has 3 atom stereocenters. The number of nitrogens with zero attached hydrogens (tertiary/aromatic N) is 3. The number of methoxy groups -OCH3 is 1. The summed E-state index contributed by atoms with van der Waals surface area (Å²) in [6, 6.07) is 0.422. The average Bonchev–Trinajstić information content (AvgIpc) is 2.79. The second kappa shape index (κ2) is 4.65. The lowest BCUT2D eigenvalue weighted by Crippen LogP contribution is -2.10. The molecule has 1 saturated carbocycles. The second-order valence-corrected chi connectivity index (χ2v) is 6.05. The first-order chi connectivity index (χ1) is 8.72. The predicted octanol–water partition coefficient (Wildman–Crippen LogP) is 2.25. The Morgan fingerprint density at radius 3 is 2.67 bits per heavy atom. The molecule has 0 saturated heterocycles. The molecule has 0 unspecified atom stereocenters. The third kappa shape index (κ3) is 1.96. The van der Waals surface area contributed by atoms with Gasteiger partial charge in [0, 0.05) is 19.8 Å². The molecule has 100 valence electrons. The molecule has 18 heavy (non-hydrogen) atoms. The van der Waals surface area contributed by atoms with Crippen LogP contribution in [0.3, 0.4) is 0 Å². The van der Waals surface area contributed by atoms with Crippen LogP contribution in [0.25, 0.3) is 0 Å². The lowest BCUT2D eigenvalue weighted by Gasteiger charge is -2.12. The highest BCUT2D eigenvalue weighted by Gasteiger charge is 2.49. The summed E-state index contributed by atoms with van der Waals surface area (Å²) >= 11 is 0. The highest BCUT2D eigenvalue weighted by molar-refractivity contribution is 5.15. The fraction of sp³-hybridized carbons (Fsp3) is 0.857. The Hall–Kier alpha value is -0.900. The zero-order chi connectivity index (χ0) is 12.7. The van der Waals surface area contributed by atoms with E-state index in [0.717, 1.165) is 37.2 Å². The number of rotatable bonds is 3. The van der Waals surface area contributed by atoms with Gasteiger partial charge in [0.2, 0.25) is 0 Å². The third-order valence-corrected chi connectivity index (χ3v) is 4.66. The van der Waals surface area contributed by atoms with E-state index in [1.54, 1.807) is 0 Å². The molecule has 3 rings (SSSR count). The molecular formula is C14H23N3O. The van der Waals surface area contributed by atoms with Crippen LogP contribution in [0.2, 0.25) is 0 Å². The molecule has 4 heteroatoms. The Balaban J connectivity index is 1.75. The van der Waals surface area contributed by atoms with Crippen molar-refractivity contribution in [1.29, 1.82) is 0 Å². The van der Waals surface area contributed by atoms with Crippen LogP contribution in [0, 0.1) is 17.8 Å². The van der Waals surface area contributed by atoms with Gasteiger partial charge in [0.1, 0.15) is 0 Å². The third-order valence-electron chi connectivity index (χ3n) is 4.66. The van der Waals surface area contributed by atoms with E-state index >= 15 is 0 Å². The Morgan fingerprint density at radius 2 is 2.00 bits per heavy atom. The fourth-order valence-electron chi connectivity index (χ4n) is 3.64. The van der Waals surface area contributed by atoms with Gasteiger partial charge in [0.15, 0.2) is 0 Å². The summed E-state index contributed by atoms with van der Waals surface area (Å²) in [5.74, 6) is 2.57. The highest BCUT2D eigenvalue weighted by Crippen LogP contribution is 2.52. The van der Waals surface area contributed by atoms with Crippen LogP contribution >= 0.6 is 0 Å². The van der Waals surface area contributed by atoms with Crippen LogP contribution in [0.5, 0.6) is 0 Å². The summed E-state index contributed by atoms with van der Waals surface area (Å²) in [6.07, 6.45) is 4.79. The molecule has 0 aromatic carbocycles. The van der Waals surface area contributed by atoms with Crippen molar-refractivity contribution in [2.75, 3.05) is 13.7 Å². The van der Waals surface area contributed by atoms with Crippen LogP contribution in [0.1, 0.15) is 44.1 Å². The summed E-state index contributed by atoms with van der Waals surface area (Å²) in [5, 5.41) is 8.70. The number of aryl methyl sites for hydroxylation is 1. The van der Waals surface area contributed by atoms with Crippen molar-refractivity contribution in [3.63, 3.8) is 0 Å². The first-order valence-corrected chi connectivity index (χ1v) is 7.14. The molecule has 1 heterocycles. The summed E-state index contributed by atoms with van der Waals surface area (Å²) in [6.45, 7) is 5.30. The van der Waals surface area contributed by atoms with Crippen LogP contribution in [0.15, 0.2) is 0 Å².